The van der Waals surface area contributed by atoms with Gasteiger partial charge in [0.2, 0.25) is 5.91 Å². The molecule has 1 rings (SSSR count). The third kappa shape index (κ3) is 4.87. The average molecular weight is 268 g/mol. The van der Waals surface area contributed by atoms with E-state index >= 15 is 0 Å². The van der Waals surface area contributed by atoms with Gasteiger partial charge in [-0.2, -0.15) is 11.8 Å². The fourth-order valence-corrected chi connectivity index (χ4v) is 2.24. The van der Waals surface area contributed by atoms with Crippen LogP contribution in [0.3, 0.4) is 0 Å². The van der Waals surface area contributed by atoms with Crippen molar-refractivity contribution in [2.45, 2.75) is 19.4 Å². The first kappa shape index (κ1) is 14.7. The van der Waals surface area contributed by atoms with Crippen molar-refractivity contribution in [1.29, 1.82) is 0 Å². The first-order valence-electron chi connectivity index (χ1n) is 5.95. The van der Waals surface area contributed by atoms with Gasteiger partial charge in [0.05, 0.1) is 7.11 Å². The van der Waals surface area contributed by atoms with Gasteiger partial charge in [0.25, 0.3) is 0 Å². The van der Waals surface area contributed by atoms with E-state index in [9.17, 15) is 4.79 Å². The Balaban J connectivity index is 2.61. The Hall–Kier alpha value is -1.36. The zero-order valence-electron chi connectivity index (χ0n) is 10.8. The van der Waals surface area contributed by atoms with Gasteiger partial charge in [-0.05, 0) is 30.1 Å². The number of primary amides is 1. The van der Waals surface area contributed by atoms with E-state index in [-0.39, 0.29) is 11.9 Å². The molecule has 0 spiro atoms. The maximum absolute atomic E-state index is 11.4. The monoisotopic (exact) mass is 268 g/mol. The van der Waals surface area contributed by atoms with Crippen LogP contribution in [0, 0.1) is 0 Å². The molecule has 1 amide bonds. The maximum Gasteiger partial charge on any atom is 0.239 e. The summed E-state index contributed by atoms with van der Waals surface area (Å²) in [4.78, 5) is 11.4. The molecule has 4 nitrogen and oxygen atoms in total. The number of nitrogens with one attached hydrogen (secondary N) is 1. The Labute approximate surface area is 112 Å². The number of carbonyl (C=O) groups excluding carboxylic acids is 1. The minimum Gasteiger partial charge on any atom is -0.497 e. The number of methoxy groups -OCH3 is 1. The van der Waals surface area contributed by atoms with Gasteiger partial charge >= 0.3 is 0 Å². The number of rotatable bonds is 8. The summed E-state index contributed by atoms with van der Waals surface area (Å²) in [5, 5.41) is 3.14. The molecule has 5 heteroatoms. The summed E-state index contributed by atoms with van der Waals surface area (Å²) in [6.45, 7) is 2.10. The van der Waals surface area contributed by atoms with Crippen LogP contribution in [0.15, 0.2) is 24.3 Å². The van der Waals surface area contributed by atoms with Gasteiger partial charge in [-0.1, -0.05) is 13.0 Å². The van der Waals surface area contributed by atoms with Crippen LogP contribution in [0.4, 0.5) is 5.69 Å². The van der Waals surface area contributed by atoms with Crippen molar-refractivity contribution in [1.82, 2.24) is 0 Å². The molecule has 0 aliphatic rings. The van der Waals surface area contributed by atoms with Crippen LogP contribution in [0.2, 0.25) is 0 Å². The molecule has 0 radical (unpaired) electrons. The maximum atomic E-state index is 11.4. The van der Waals surface area contributed by atoms with E-state index in [1.54, 1.807) is 18.9 Å². The Bertz CT molecular complexity index is 385. The molecule has 0 aliphatic heterocycles. The highest BCUT2D eigenvalue weighted by molar-refractivity contribution is 7.99. The normalized spacial score (nSPS) is 11.9. The molecule has 0 aliphatic carbocycles. The Morgan fingerprint density at radius 2 is 2.33 bits per heavy atom. The van der Waals surface area contributed by atoms with Crippen molar-refractivity contribution < 1.29 is 9.53 Å². The van der Waals surface area contributed by atoms with Crippen LogP contribution in [0.25, 0.3) is 0 Å². The van der Waals surface area contributed by atoms with Crippen molar-refractivity contribution in [2.75, 3.05) is 23.9 Å². The number of benzene rings is 1. The molecule has 1 atom stereocenters. The van der Waals surface area contributed by atoms with Crippen LogP contribution < -0.4 is 15.8 Å². The highest BCUT2D eigenvalue weighted by Crippen LogP contribution is 2.18. The summed E-state index contributed by atoms with van der Waals surface area (Å²) in [5.41, 5.74) is 6.24. The Kier molecular flexibility index (Phi) is 6.43. The van der Waals surface area contributed by atoms with Crippen LogP contribution in [0.1, 0.15) is 13.3 Å². The van der Waals surface area contributed by atoms with E-state index in [1.807, 2.05) is 24.3 Å². The summed E-state index contributed by atoms with van der Waals surface area (Å²) in [5.74, 6) is 2.40. The fraction of sp³-hybridized carbons (Fsp3) is 0.462. The number of anilines is 1. The van der Waals surface area contributed by atoms with Crippen LogP contribution in [-0.2, 0) is 4.79 Å². The van der Waals surface area contributed by atoms with Gasteiger partial charge in [0, 0.05) is 11.8 Å². The van der Waals surface area contributed by atoms with Gasteiger partial charge in [0.15, 0.2) is 0 Å². The molecular formula is C13H20N2O2S. The summed E-state index contributed by atoms with van der Waals surface area (Å²) in [6.07, 6.45) is 0.727. The summed E-state index contributed by atoms with van der Waals surface area (Å²) < 4.78 is 5.14. The molecule has 1 aromatic carbocycles. The van der Waals surface area contributed by atoms with Crippen molar-refractivity contribution in [3.05, 3.63) is 24.3 Å². The predicted octanol–water partition coefficient (Wildman–Crippen LogP) is 2.10. The quantitative estimate of drug-likeness (QED) is 0.709. The molecule has 1 unspecified atom stereocenters. The summed E-state index contributed by atoms with van der Waals surface area (Å²) in [6, 6.07) is 7.14. The van der Waals surface area contributed by atoms with E-state index in [4.69, 9.17) is 10.5 Å². The van der Waals surface area contributed by atoms with E-state index in [2.05, 4.69) is 12.2 Å². The predicted molar refractivity (Wildman–Crippen MR) is 77.2 cm³/mol. The summed E-state index contributed by atoms with van der Waals surface area (Å²) >= 11 is 1.80. The van der Waals surface area contributed by atoms with Gasteiger partial charge in [-0.3, -0.25) is 4.79 Å². The zero-order chi connectivity index (χ0) is 13.4. The van der Waals surface area contributed by atoms with E-state index < -0.39 is 0 Å². The standard InChI is InChI=1S/C13H20N2O2S/c1-3-18-8-7-12(13(14)16)15-10-5-4-6-11(9-10)17-2/h4-6,9,12,15H,3,7-8H2,1-2H3,(H2,14,16). The van der Waals surface area contributed by atoms with Crippen LogP contribution in [0.5, 0.6) is 5.75 Å². The minimum atomic E-state index is -0.337. The Morgan fingerprint density at radius 3 is 2.94 bits per heavy atom. The lowest BCUT2D eigenvalue weighted by Gasteiger charge is -2.16. The van der Waals surface area contributed by atoms with Gasteiger partial charge in [-0.25, -0.2) is 0 Å². The highest BCUT2D eigenvalue weighted by atomic mass is 32.2. The SMILES string of the molecule is CCSCCC(Nc1cccc(OC)c1)C(N)=O. The second-order valence-corrected chi connectivity index (χ2v) is 5.21. The third-order valence-electron chi connectivity index (χ3n) is 2.51. The molecular weight excluding hydrogens is 248 g/mol. The van der Waals surface area contributed by atoms with Crippen molar-refractivity contribution in [3.8, 4) is 5.75 Å². The van der Waals surface area contributed by atoms with Crippen molar-refractivity contribution in [3.63, 3.8) is 0 Å². The number of amides is 1. The third-order valence-corrected chi connectivity index (χ3v) is 3.44. The molecule has 0 saturated heterocycles. The molecule has 0 heterocycles. The zero-order valence-corrected chi connectivity index (χ0v) is 11.6. The first-order valence-corrected chi connectivity index (χ1v) is 7.10. The molecule has 1 aromatic rings. The summed E-state index contributed by atoms with van der Waals surface area (Å²) in [7, 11) is 1.61. The molecule has 0 bridgehead atoms. The average Bonchev–Trinajstić information content (AvgIpc) is 2.38. The van der Waals surface area contributed by atoms with Gasteiger partial charge in [-0.15, -0.1) is 0 Å². The van der Waals surface area contributed by atoms with Crippen molar-refractivity contribution in [2.24, 2.45) is 5.73 Å². The second-order valence-electron chi connectivity index (χ2n) is 3.82. The number of ether oxygens (including phenoxy) is 1. The van der Waals surface area contributed by atoms with E-state index in [0.717, 1.165) is 29.4 Å². The van der Waals surface area contributed by atoms with Gasteiger partial charge < -0.3 is 15.8 Å². The number of thioether (sulfide) groups is 1. The number of carbonyl (C=O) groups is 1. The second kappa shape index (κ2) is 7.87. The first-order chi connectivity index (χ1) is 8.67. The minimum absolute atomic E-state index is 0.325. The van der Waals surface area contributed by atoms with Crippen LogP contribution >= 0.6 is 11.8 Å². The molecule has 100 valence electrons. The Morgan fingerprint density at radius 1 is 1.56 bits per heavy atom. The number of nitrogens with two attached hydrogens (primary N) is 1. The topological polar surface area (TPSA) is 64.3 Å². The van der Waals surface area contributed by atoms with E-state index in [1.165, 1.54) is 0 Å². The lowest BCUT2D eigenvalue weighted by molar-refractivity contribution is -0.118. The molecule has 0 saturated carbocycles. The van der Waals surface area contributed by atoms with E-state index in [0.29, 0.717) is 0 Å². The van der Waals surface area contributed by atoms with Crippen LogP contribution in [-0.4, -0.2) is 30.6 Å². The smallest absolute Gasteiger partial charge is 0.239 e. The lowest BCUT2D eigenvalue weighted by atomic mass is 10.2. The number of hydrogen-bond donors (Lipinski definition) is 2. The molecule has 0 aromatic heterocycles. The highest BCUT2D eigenvalue weighted by Gasteiger charge is 2.14. The molecule has 3 N–H and O–H groups in total. The van der Waals surface area contributed by atoms with Gasteiger partial charge in [0.1, 0.15) is 11.8 Å². The number of hydrogen-bond acceptors (Lipinski definition) is 4. The van der Waals surface area contributed by atoms with Crippen molar-refractivity contribution >= 4 is 23.4 Å². The molecule has 0 fully saturated rings. The molecule has 18 heavy (non-hydrogen) atoms. The lowest BCUT2D eigenvalue weighted by Crippen LogP contribution is -2.35. The fourth-order valence-electron chi connectivity index (χ4n) is 1.55. The largest absolute Gasteiger partial charge is 0.497 e.